The van der Waals surface area contributed by atoms with Crippen molar-refractivity contribution in [3.05, 3.63) is 33.4 Å². The minimum atomic E-state index is -1.50. The van der Waals surface area contributed by atoms with E-state index in [0.717, 1.165) is 41.1 Å². The lowest BCUT2D eigenvalue weighted by Gasteiger charge is -2.44. The number of thioether (sulfide) groups is 1. The Labute approximate surface area is 241 Å². The smallest absolute Gasteiger partial charge is 0.339 e. The molecule has 2 fully saturated rings. The number of ether oxygens (including phenoxy) is 3. The Morgan fingerprint density at radius 2 is 1.97 bits per heavy atom. The van der Waals surface area contributed by atoms with E-state index in [1.165, 1.54) is 7.11 Å². The molecule has 214 valence electrons. The van der Waals surface area contributed by atoms with Crippen LogP contribution in [0.25, 0.3) is 0 Å². The van der Waals surface area contributed by atoms with Crippen LogP contribution in [0, 0.1) is 9.49 Å². The summed E-state index contributed by atoms with van der Waals surface area (Å²) in [6.45, 7) is 4.70. The number of halogens is 1. The number of carbonyl (C=O) groups is 2. The largest absolute Gasteiger partial charge is 0.461 e. The van der Waals surface area contributed by atoms with Gasteiger partial charge in [0, 0.05) is 16.4 Å². The van der Waals surface area contributed by atoms with Crippen LogP contribution in [0.1, 0.15) is 43.5 Å². The van der Waals surface area contributed by atoms with Gasteiger partial charge in [-0.2, -0.15) is 0 Å². The summed E-state index contributed by atoms with van der Waals surface area (Å²) in [6, 6.07) is 5.95. The van der Waals surface area contributed by atoms with Crippen molar-refractivity contribution in [2.45, 2.75) is 81.1 Å². The molecule has 9 atom stereocenters. The van der Waals surface area contributed by atoms with Crippen molar-refractivity contribution in [2.24, 2.45) is 5.92 Å². The van der Waals surface area contributed by atoms with Crippen LogP contribution in [0.15, 0.2) is 24.3 Å². The van der Waals surface area contributed by atoms with Crippen molar-refractivity contribution in [3.8, 4) is 0 Å². The van der Waals surface area contributed by atoms with Crippen molar-refractivity contribution in [3.63, 3.8) is 0 Å². The van der Waals surface area contributed by atoms with E-state index < -0.39 is 48.0 Å². The van der Waals surface area contributed by atoms with E-state index in [1.54, 1.807) is 19.1 Å². The molecular formula is C26H39IN2O8S. The predicted molar refractivity (Wildman–Crippen MR) is 152 cm³/mol. The number of amides is 1. The fourth-order valence-corrected chi connectivity index (χ4v) is 6.41. The summed E-state index contributed by atoms with van der Waals surface area (Å²) >= 11 is 3.22. The first-order valence-corrected chi connectivity index (χ1v) is 15.1. The molecule has 0 aromatic heterocycles. The highest BCUT2D eigenvalue weighted by atomic mass is 127. The van der Waals surface area contributed by atoms with Crippen molar-refractivity contribution in [1.82, 2.24) is 10.6 Å². The average Bonchev–Trinajstić information content (AvgIpc) is 3.38. The van der Waals surface area contributed by atoms with Crippen molar-refractivity contribution >= 4 is 46.2 Å². The predicted octanol–water partition coefficient (Wildman–Crippen LogP) is 1.29. The quantitative estimate of drug-likeness (QED) is 0.126. The number of hydrogen-bond donors (Lipinski definition) is 5. The van der Waals surface area contributed by atoms with Gasteiger partial charge in [0.2, 0.25) is 5.91 Å². The zero-order valence-electron chi connectivity index (χ0n) is 21.9. The summed E-state index contributed by atoms with van der Waals surface area (Å²) in [7, 11) is 1.49. The minimum absolute atomic E-state index is 0.0608. The molecule has 2 heterocycles. The van der Waals surface area contributed by atoms with Gasteiger partial charge in [-0.05, 0) is 67.0 Å². The molecule has 5 N–H and O–H groups in total. The third kappa shape index (κ3) is 8.03. The number of methoxy groups -OCH3 is 1. The standard InChI is InChI=1S/C26H39IN2O8S/c1-4-7-15-12-18(28-13-15)24(33)29-19(14(2)35-3)23-21(31)20(30)22(32)26(37-23)38-11-10-36-25(34)16-8-5-6-9-17(16)27/h5-6,8-9,14-15,18-23,26,28,30-32H,4,7,10-13H2,1-3H3,(H,29,33)/t14-,15-,18+,19-,20+,21-,22-,23-,26-/m1/s1. The van der Waals surface area contributed by atoms with Gasteiger partial charge in [0.15, 0.2) is 0 Å². The van der Waals surface area contributed by atoms with Crippen molar-refractivity contribution < 1.29 is 39.1 Å². The summed E-state index contributed by atoms with van der Waals surface area (Å²) < 4.78 is 17.7. The lowest BCUT2D eigenvalue weighted by molar-refractivity contribution is -0.212. The molecule has 1 amide bonds. The van der Waals surface area contributed by atoms with Gasteiger partial charge in [0.25, 0.3) is 0 Å². The van der Waals surface area contributed by atoms with Crippen LogP contribution < -0.4 is 10.6 Å². The summed E-state index contributed by atoms with van der Waals surface area (Å²) in [6.07, 6.45) is -3.09. The number of carbonyl (C=O) groups excluding carboxylic acids is 2. The molecule has 0 radical (unpaired) electrons. The van der Waals surface area contributed by atoms with Gasteiger partial charge in [-0.25, -0.2) is 4.79 Å². The van der Waals surface area contributed by atoms with Crippen LogP contribution in [-0.4, -0.2) is 101 Å². The third-order valence-electron chi connectivity index (χ3n) is 7.07. The third-order valence-corrected chi connectivity index (χ3v) is 9.14. The van der Waals surface area contributed by atoms with Gasteiger partial charge >= 0.3 is 5.97 Å². The Bertz CT molecular complexity index is 927. The van der Waals surface area contributed by atoms with Crippen LogP contribution in [0.5, 0.6) is 0 Å². The lowest BCUT2D eigenvalue weighted by Crippen LogP contribution is -2.66. The first-order chi connectivity index (χ1) is 18.2. The van der Waals surface area contributed by atoms with E-state index in [1.807, 2.05) is 12.1 Å². The van der Waals surface area contributed by atoms with Crippen molar-refractivity contribution in [2.75, 3.05) is 26.0 Å². The second-order valence-corrected chi connectivity index (χ2v) is 12.1. The second-order valence-electron chi connectivity index (χ2n) is 9.75. The lowest BCUT2D eigenvalue weighted by atomic mass is 9.91. The molecular weight excluding hydrogens is 627 g/mol. The summed E-state index contributed by atoms with van der Waals surface area (Å²) in [5.74, 6) is 0.0458. The van der Waals surface area contributed by atoms with Gasteiger partial charge in [0.05, 0.1) is 23.8 Å². The maximum Gasteiger partial charge on any atom is 0.339 e. The molecule has 1 aromatic carbocycles. The molecule has 0 aliphatic carbocycles. The Kier molecular flexibility index (Phi) is 12.5. The maximum absolute atomic E-state index is 13.1. The van der Waals surface area contributed by atoms with E-state index in [-0.39, 0.29) is 24.3 Å². The van der Waals surface area contributed by atoms with Crippen LogP contribution in [0.4, 0.5) is 0 Å². The molecule has 12 heteroatoms. The van der Waals surface area contributed by atoms with Gasteiger partial charge in [-0.3, -0.25) is 4.79 Å². The summed E-state index contributed by atoms with van der Waals surface area (Å²) in [4.78, 5) is 25.4. The highest BCUT2D eigenvalue weighted by molar-refractivity contribution is 14.1. The Balaban J connectivity index is 1.60. The molecule has 1 aromatic rings. The zero-order valence-corrected chi connectivity index (χ0v) is 24.9. The SMILES string of the molecule is CCC[C@H]1CN[C@H](C(=O)N[C@@H]([C@H]2O[C@H](SCCOC(=O)c3ccccc3I)[C@H](O)[C@@H](O)[C@H]2O)[C@@H](C)OC)C1. The Morgan fingerprint density at radius 1 is 1.24 bits per heavy atom. The maximum atomic E-state index is 13.1. The van der Waals surface area contributed by atoms with Gasteiger partial charge < -0.3 is 40.2 Å². The van der Waals surface area contributed by atoms with Crippen LogP contribution in [-0.2, 0) is 19.0 Å². The molecule has 38 heavy (non-hydrogen) atoms. The fraction of sp³-hybridized carbons (Fsp3) is 0.692. The fourth-order valence-electron chi connectivity index (χ4n) is 4.83. The van der Waals surface area contributed by atoms with Gasteiger partial charge in [0.1, 0.15) is 36.5 Å². The first-order valence-electron chi connectivity index (χ1n) is 13.0. The minimum Gasteiger partial charge on any atom is -0.461 e. The Morgan fingerprint density at radius 3 is 2.66 bits per heavy atom. The van der Waals surface area contributed by atoms with E-state index >= 15 is 0 Å². The first kappa shape index (κ1) is 31.5. The molecule has 3 rings (SSSR count). The zero-order chi connectivity index (χ0) is 27.8. The van der Waals surface area contributed by atoms with Crippen LogP contribution in [0.2, 0.25) is 0 Å². The van der Waals surface area contributed by atoms with E-state index in [2.05, 4.69) is 40.1 Å². The molecule has 10 nitrogen and oxygen atoms in total. The topological polar surface area (TPSA) is 147 Å². The van der Waals surface area contributed by atoms with E-state index in [9.17, 15) is 24.9 Å². The number of aliphatic hydroxyl groups is 3. The number of esters is 1. The molecule has 0 unspecified atom stereocenters. The van der Waals surface area contributed by atoms with Gasteiger partial charge in [-0.15, -0.1) is 11.8 Å². The van der Waals surface area contributed by atoms with Crippen LogP contribution in [0.3, 0.4) is 0 Å². The highest BCUT2D eigenvalue weighted by Crippen LogP contribution is 2.31. The second kappa shape index (κ2) is 15.1. The van der Waals surface area contributed by atoms with Crippen LogP contribution >= 0.6 is 34.4 Å². The average molecular weight is 667 g/mol. The van der Waals surface area contributed by atoms with E-state index in [0.29, 0.717) is 11.5 Å². The molecule has 2 aliphatic heterocycles. The molecule has 0 spiro atoms. The monoisotopic (exact) mass is 666 g/mol. The number of benzene rings is 1. The number of aliphatic hydroxyl groups excluding tert-OH is 3. The highest BCUT2D eigenvalue weighted by Gasteiger charge is 2.49. The normalized spacial score (nSPS) is 31.0. The van der Waals surface area contributed by atoms with Gasteiger partial charge in [-0.1, -0.05) is 25.5 Å². The molecule has 2 saturated heterocycles. The molecule has 0 saturated carbocycles. The number of nitrogens with one attached hydrogen (secondary N) is 2. The van der Waals surface area contributed by atoms with Crippen molar-refractivity contribution in [1.29, 1.82) is 0 Å². The molecule has 2 aliphatic rings. The summed E-state index contributed by atoms with van der Waals surface area (Å²) in [5.41, 5.74) is -0.452. The summed E-state index contributed by atoms with van der Waals surface area (Å²) in [5, 5.41) is 38.2. The van der Waals surface area contributed by atoms with E-state index in [4.69, 9.17) is 14.2 Å². The molecule has 0 bridgehead atoms. The Hall–Kier alpha value is -1.00. The number of hydrogen-bond acceptors (Lipinski definition) is 10. The number of rotatable bonds is 12.